The lowest BCUT2D eigenvalue weighted by Crippen LogP contribution is -1.99. The Morgan fingerprint density at radius 2 is 2.27 bits per heavy atom. The van der Waals surface area contributed by atoms with E-state index in [1.54, 1.807) is 6.07 Å². The molecule has 15 heavy (non-hydrogen) atoms. The molecule has 0 aromatic heterocycles. The molecule has 0 saturated carbocycles. The van der Waals surface area contributed by atoms with Gasteiger partial charge in [-0.15, -0.1) is 12.3 Å². The predicted octanol–water partition coefficient (Wildman–Crippen LogP) is 3.49. The van der Waals surface area contributed by atoms with Crippen molar-refractivity contribution >= 4 is 11.6 Å². The summed E-state index contributed by atoms with van der Waals surface area (Å²) in [6.45, 7) is 1.95. The normalized spacial score (nSPS) is 12.1. The van der Waals surface area contributed by atoms with Gasteiger partial charge in [0, 0.05) is 11.4 Å². The molecule has 1 aromatic rings. The molecular formula is C13H15ClO. The molecule has 0 aliphatic rings. The Bertz CT molecular complexity index is 365. The Morgan fingerprint density at radius 1 is 1.53 bits per heavy atom. The zero-order chi connectivity index (χ0) is 11.3. The summed E-state index contributed by atoms with van der Waals surface area (Å²) in [5.41, 5.74) is 1.96. The van der Waals surface area contributed by atoms with Crippen molar-refractivity contribution in [1.29, 1.82) is 0 Å². The fraction of sp³-hybridized carbons (Fsp3) is 0.385. The molecule has 0 aliphatic heterocycles. The molecule has 0 radical (unpaired) electrons. The van der Waals surface area contributed by atoms with Crippen LogP contribution in [0.4, 0.5) is 0 Å². The van der Waals surface area contributed by atoms with Gasteiger partial charge in [0.2, 0.25) is 0 Å². The number of halogens is 1. The summed E-state index contributed by atoms with van der Waals surface area (Å²) in [6, 6.07) is 5.54. The number of aryl methyl sites for hydroxylation is 1. The summed E-state index contributed by atoms with van der Waals surface area (Å²) < 4.78 is 0. The molecule has 0 fully saturated rings. The standard InChI is InChI=1S/C13H15ClO/c1-3-4-5-6-13(15)12-8-7-11(14)9-10(12)2/h1,7-9,13,15H,4-6H2,2H3. The van der Waals surface area contributed by atoms with Crippen LogP contribution in [0.2, 0.25) is 5.02 Å². The second-order valence-electron chi connectivity index (χ2n) is 3.61. The van der Waals surface area contributed by atoms with E-state index >= 15 is 0 Å². The van der Waals surface area contributed by atoms with Gasteiger partial charge in [-0.25, -0.2) is 0 Å². The molecule has 0 amide bonds. The van der Waals surface area contributed by atoms with Crippen LogP contribution in [-0.2, 0) is 0 Å². The maximum Gasteiger partial charge on any atom is 0.0793 e. The molecule has 1 N–H and O–H groups in total. The highest BCUT2D eigenvalue weighted by atomic mass is 35.5. The van der Waals surface area contributed by atoms with Gasteiger partial charge in [-0.1, -0.05) is 17.7 Å². The molecule has 1 rings (SSSR count). The molecule has 0 spiro atoms. The fourth-order valence-electron chi connectivity index (χ4n) is 1.57. The van der Waals surface area contributed by atoms with Crippen molar-refractivity contribution in [2.75, 3.05) is 0 Å². The molecule has 0 heterocycles. The average Bonchev–Trinajstić information content (AvgIpc) is 2.17. The Balaban J connectivity index is 2.66. The largest absolute Gasteiger partial charge is 0.388 e. The lowest BCUT2D eigenvalue weighted by atomic mass is 9.99. The van der Waals surface area contributed by atoms with E-state index in [0.717, 1.165) is 17.5 Å². The van der Waals surface area contributed by atoms with Crippen LogP contribution in [0, 0.1) is 19.3 Å². The fourth-order valence-corrected chi connectivity index (χ4v) is 1.79. The summed E-state index contributed by atoms with van der Waals surface area (Å²) in [7, 11) is 0. The number of aliphatic hydroxyl groups excluding tert-OH is 1. The number of benzene rings is 1. The van der Waals surface area contributed by atoms with Gasteiger partial charge in [-0.2, -0.15) is 0 Å². The lowest BCUT2D eigenvalue weighted by molar-refractivity contribution is 0.164. The van der Waals surface area contributed by atoms with Gasteiger partial charge in [0.15, 0.2) is 0 Å². The van der Waals surface area contributed by atoms with Gasteiger partial charge in [-0.3, -0.25) is 0 Å². The van der Waals surface area contributed by atoms with Crippen molar-refractivity contribution in [2.24, 2.45) is 0 Å². The smallest absolute Gasteiger partial charge is 0.0793 e. The molecule has 0 bridgehead atoms. The van der Waals surface area contributed by atoms with Crippen molar-refractivity contribution < 1.29 is 5.11 Å². The first-order valence-corrected chi connectivity index (χ1v) is 5.40. The Kier molecular flexibility index (Phi) is 4.68. The van der Waals surface area contributed by atoms with E-state index in [1.807, 2.05) is 19.1 Å². The number of unbranched alkanes of at least 4 members (excludes halogenated alkanes) is 1. The summed E-state index contributed by atoms with van der Waals surface area (Å²) in [4.78, 5) is 0. The number of aliphatic hydroxyl groups is 1. The number of hydrogen-bond donors (Lipinski definition) is 1. The predicted molar refractivity (Wildman–Crippen MR) is 63.8 cm³/mol. The lowest BCUT2D eigenvalue weighted by Gasteiger charge is -2.13. The van der Waals surface area contributed by atoms with Crippen LogP contribution < -0.4 is 0 Å². The van der Waals surface area contributed by atoms with E-state index in [4.69, 9.17) is 18.0 Å². The van der Waals surface area contributed by atoms with E-state index in [1.165, 1.54) is 0 Å². The molecule has 1 unspecified atom stereocenters. The first kappa shape index (κ1) is 12.1. The first-order valence-electron chi connectivity index (χ1n) is 5.02. The Hall–Kier alpha value is -0.970. The zero-order valence-electron chi connectivity index (χ0n) is 8.83. The van der Waals surface area contributed by atoms with Crippen molar-refractivity contribution in [1.82, 2.24) is 0 Å². The molecule has 80 valence electrons. The second-order valence-corrected chi connectivity index (χ2v) is 4.05. The molecule has 1 atom stereocenters. The maximum atomic E-state index is 9.91. The van der Waals surface area contributed by atoms with E-state index in [-0.39, 0.29) is 0 Å². The topological polar surface area (TPSA) is 20.2 Å². The summed E-state index contributed by atoms with van der Waals surface area (Å²) in [5, 5.41) is 10.6. The highest BCUT2D eigenvalue weighted by Crippen LogP contribution is 2.24. The first-order chi connectivity index (χ1) is 7.15. The minimum atomic E-state index is -0.435. The van der Waals surface area contributed by atoms with E-state index in [0.29, 0.717) is 17.9 Å². The molecular weight excluding hydrogens is 208 g/mol. The monoisotopic (exact) mass is 222 g/mol. The average molecular weight is 223 g/mol. The molecule has 0 aliphatic carbocycles. The van der Waals surface area contributed by atoms with E-state index in [9.17, 15) is 5.11 Å². The summed E-state index contributed by atoms with van der Waals surface area (Å²) in [6.07, 6.45) is 6.98. The number of terminal acetylenes is 1. The molecule has 2 heteroatoms. The Labute approximate surface area is 96.1 Å². The number of rotatable bonds is 4. The van der Waals surface area contributed by atoms with Crippen molar-refractivity contribution in [3.63, 3.8) is 0 Å². The van der Waals surface area contributed by atoms with Gasteiger partial charge in [0.1, 0.15) is 0 Å². The van der Waals surface area contributed by atoms with E-state index < -0.39 is 6.10 Å². The minimum Gasteiger partial charge on any atom is -0.388 e. The second kappa shape index (κ2) is 5.80. The molecule has 1 aromatic carbocycles. The SMILES string of the molecule is C#CCCCC(O)c1ccc(Cl)cc1C. The minimum absolute atomic E-state index is 0.435. The molecule has 1 nitrogen and oxygen atoms in total. The van der Waals surface area contributed by atoms with Crippen LogP contribution in [0.3, 0.4) is 0 Å². The molecule has 0 saturated heterocycles. The third kappa shape index (κ3) is 3.58. The van der Waals surface area contributed by atoms with Crippen molar-refractivity contribution in [3.8, 4) is 12.3 Å². The van der Waals surface area contributed by atoms with Gasteiger partial charge < -0.3 is 5.11 Å². The van der Waals surface area contributed by atoms with Crippen LogP contribution >= 0.6 is 11.6 Å². The summed E-state index contributed by atoms with van der Waals surface area (Å²) in [5.74, 6) is 2.57. The third-order valence-electron chi connectivity index (χ3n) is 2.39. The van der Waals surface area contributed by atoms with E-state index in [2.05, 4.69) is 5.92 Å². The van der Waals surface area contributed by atoms with Gasteiger partial charge in [0.25, 0.3) is 0 Å². The van der Waals surface area contributed by atoms with Crippen molar-refractivity contribution in [3.05, 3.63) is 34.3 Å². The van der Waals surface area contributed by atoms with Crippen LogP contribution in [-0.4, -0.2) is 5.11 Å². The van der Waals surface area contributed by atoms with Crippen LogP contribution in [0.15, 0.2) is 18.2 Å². The maximum absolute atomic E-state index is 9.91. The zero-order valence-corrected chi connectivity index (χ0v) is 9.59. The quantitative estimate of drug-likeness (QED) is 0.611. The van der Waals surface area contributed by atoms with Gasteiger partial charge in [0.05, 0.1) is 6.10 Å². The van der Waals surface area contributed by atoms with Crippen LogP contribution in [0.1, 0.15) is 36.5 Å². The highest BCUT2D eigenvalue weighted by molar-refractivity contribution is 6.30. The van der Waals surface area contributed by atoms with Crippen LogP contribution in [0.25, 0.3) is 0 Å². The Morgan fingerprint density at radius 3 is 2.87 bits per heavy atom. The third-order valence-corrected chi connectivity index (χ3v) is 2.62. The van der Waals surface area contributed by atoms with Crippen LogP contribution in [0.5, 0.6) is 0 Å². The van der Waals surface area contributed by atoms with Gasteiger partial charge >= 0.3 is 0 Å². The van der Waals surface area contributed by atoms with Gasteiger partial charge in [-0.05, 0) is 43.0 Å². The van der Waals surface area contributed by atoms with Crippen molar-refractivity contribution in [2.45, 2.75) is 32.3 Å². The number of hydrogen-bond acceptors (Lipinski definition) is 1. The highest BCUT2D eigenvalue weighted by Gasteiger charge is 2.09. The summed E-state index contributed by atoms with van der Waals surface area (Å²) >= 11 is 5.84.